The largest absolute Gasteiger partial charge is 0.300 e. The van der Waals surface area contributed by atoms with Gasteiger partial charge in [0.05, 0.1) is 0 Å². The van der Waals surface area contributed by atoms with Gasteiger partial charge >= 0.3 is 0 Å². The van der Waals surface area contributed by atoms with E-state index in [1.807, 2.05) is 6.92 Å². The molecule has 0 bridgehead atoms. The van der Waals surface area contributed by atoms with Gasteiger partial charge in [-0.1, -0.05) is 15.9 Å². The highest BCUT2D eigenvalue weighted by Gasteiger charge is 2.13. The van der Waals surface area contributed by atoms with E-state index in [1.54, 1.807) is 13.0 Å². The summed E-state index contributed by atoms with van der Waals surface area (Å²) in [6, 6.07) is 1.73. The molecule has 0 unspecified atom stereocenters. The van der Waals surface area contributed by atoms with Crippen molar-refractivity contribution in [3.05, 3.63) is 33.0 Å². The Morgan fingerprint density at radius 1 is 1.50 bits per heavy atom. The molecule has 0 spiro atoms. The van der Waals surface area contributed by atoms with E-state index in [9.17, 15) is 9.18 Å². The van der Waals surface area contributed by atoms with Crippen molar-refractivity contribution >= 4 is 21.7 Å². The van der Waals surface area contributed by atoms with Gasteiger partial charge in [-0.25, -0.2) is 4.39 Å². The summed E-state index contributed by atoms with van der Waals surface area (Å²) < 4.78 is 14.5. The number of carbonyl (C=O) groups is 1. The van der Waals surface area contributed by atoms with E-state index in [1.165, 1.54) is 6.92 Å². The van der Waals surface area contributed by atoms with Crippen LogP contribution in [0.15, 0.2) is 10.5 Å². The van der Waals surface area contributed by atoms with Gasteiger partial charge < -0.3 is 0 Å². The maximum atomic E-state index is 13.6. The van der Waals surface area contributed by atoms with E-state index in [0.717, 1.165) is 10.0 Å². The van der Waals surface area contributed by atoms with Gasteiger partial charge in [0.2, 0.25) is 0 Å². The lowest BCUT2D eigenvalue weighted by molar-refractivity contribution is -0.116. The average molecular weight is 259 g/mol. The third kappa shape index (κ3) is 2.21. The third-order valence-electron chi connectivity index (χ3n) is 2.19. The maximum Gasteiger partial charge on any atom is 0.134 e. The predicted octanol–water partition coefficient (Wildman–Crippen LogP) is 3.34. The number of benzene rings is 1. The molecule has 0 aliphatic heterocycles. The minimum Gasteiger partial charge on any atom is -0.300 e. The molecule has 0 heterocycles. The molecular weight excluding hydrogens is 247 g/mol. The van der Waals surface area contributed by atoms with Crippen molar-refractivity contribution in [2.75, 3.05) is 0 Å². The van der Waals surface area contributed by atoms with Gasteiger partial charge in [-0.05, 0) is 43.5 Å². The fourth-order valence-electron chi connectivity index (χ4n) is 1.37. The number of carbonyl (C=O) groups excluding carboxylic acids is 1. The summed E-state index contributed by atoms with van der Waals surface area (Å²) in [7, 11) is 0. The molecule has 3 heteroatoms. The molecule has 76 valence electrons. The zero-order valence-electron chi connectivity index (χ0n) is 8.45. The van der Waals surface area contributed by atoms with E-state index in [4.69, 9.17) is 0 Å². The van der Waals surface area contributed by atoms with E-state index in [2.05, 4.69) is 15.9 Å². The zero-order chi connectivity index (χ0) is 10.9. The van der Waals surface area contributed by atoms with Gasteiger partial charge in [-0.2, -0.15) is 0 Å². The molecule has 0 radical (unpaired) electrons. The van der Waals surface area contributed by atoms with Crippen LogP contribution >= 0.6 is 15.9 Å². The molecule has 0 N–H and O–H groups in total. The van der Waals surface area contributed by atoms with Crippen molar-refractivity contribution in [1.82, 2.24) is 0 Å². The fraction of sp³-hybridized carbons (Fsp3) is 0.364. The lowest BCUT2D eigenvalue weighted by Crippen LogP contribution is -2.04. The van der Waals surface area contributed by atoms with Crippen LogP contribution in [0.4, 0.5) is 4.39 Å². The summed E-state index contributed by atoms with van der Waals surface area (Å²) in [6.45, 7) is 4.98. The first-order valence-electron chi connectivity index (χ1n) is 4.37. The Kier molecular flexibility index (Phi) is 3.43. The molecule has 1 rings (SSSR count). The summed E-state index contributed by atoms with van der Waals surface area (Å²) in [4.78, 5) is 11.0. The van der Waals surface area contributed by atoms with Crippen molar-refractivity contribution < 1.29 is 9.18 Å². The van der Waals surface area contributed by atoms with Gasteiger partial charge in [0.1, 0.15) is 11.6 Å². The van der Waals surface area contributed by atoms with E-state index in [-0.39, 0.29) is 18.0 Å². The van der Waals surface area contributed by atoms with Crippen LogP contribution in [0.2, 0.25) is 0 Å². The summed E-state index contributed by atoms with van der Waals surface area (Å²) in [5.41, 5.74) is 1.88. The fourth-order valence-corrected chi connectivity index (χ4v) is 1.95. The minimum atomic E-state index is -0.263. The maximum absolute atomic E-state index is 13.6. The summed E-state index contributed by atoms with van der Waals surface area (Å²) in [5.74, 6) is -0.287. The molecule has 1 aromatic rings. The number of aryl methyl sites for hydroxylation is 1. The topological polar surface area (TPSA) is 17.1 Å². The molecule has 0 aromatic heterocycles. The molecule has 0 amide bonds. The Morgan fingerprint density at radius 3 is 2.57 bits per heavy atom. The molecule has 1 aromatic carbocycles. The monoisotopic (exact) mass is 258 g/mol. The van der Waals surface area contributed by atoms with Gasteiger partial charge in [-0.15, -0.1) is 0 Å². The molecule has 0 fully saturated rings. The van der Waals surface area contributed by atoms with Crippen LogP contribution in [0.25, 0.3) is 0 Å². The Hall–Kier alpha value is -0.700. The van der Waals surface area contributed by atoms with Crippen molar-refractivity contribution in [2.45, 2.75) is 27.2 Å². The standard InChI is InChI=1S/C11H12BrFO/c1-6-4-10(12)8(3)9(11(6)13)5-7(2)14/h4H,5H2,1-3H3. The first-order chi connectivity index (χ1) is 6.43. The van der Waals surface area contributed by atoms with Crippen molar-refractivity contribution in [2.24, 2.45) is 0 Å². The van der Waals surface area contributed by atoms with Gasteiger partial charge in [0.15, 0.2) is 0 Å². The normalized spacial score (nSPS) is 10.4. The van der Waals surface area contributed by atoms with Gasteiger partial charge in [-0.3, -0.25) is 4.79 Å². The molecule has 0 aliphatic carbocycles. The zero-order valence-corrected chi connectivity index (χ0v) is 10.0. The lowest BCUT2D eigenvalue weighted by Gasteiger charge is -2.10. The highest BCUT2D eigenvalue weighted by molar-refractivity contribution is 9.10. The number of hydrogen-bond acceptors (Lipinski definition) is 1. The Bertz CT molecular complexity index is 359. The van der Waals surface area contributed by atoms with Gasteiger partial charge in [0, 0.05) is 10.9 Å². The Balaban J connectivity index is 3.31. The van der Waals surface area contributed by atoms with E-state index >= 15 is 0 Å². The van der Waals surface area contributed by atoms with Crippen LogP contribution in [-0.4, -0.2) is 5.78 Å². The summed E-state index contributed by atoms with van der Waals surface area (Å²) in [6.07, 6.45) is 0.165. The SMILES string of the molecule is CC(=O)Cc1c(C)c(Br)cc(C)c1F. The minimum absolute atomic E-state index is 0.0236. The highest BCUT2D eigenvalue weighted by Crippen LogP contribution is 2.25. The highest BCUT2D eigenvalue weighted by atomic mass is 79.9. The van der Waals surface area contributed by atoms with Crippen molar-refractivity contribution in [3.63, 3.8) is 0 Å². The van der Waals surface area contributed by atoms with Crippen LogP contribution < -0.4 is 0 Å². The Labute approximate surface area is 91.5 Å². The van der Waals surface area contributed by atoms with E-state index < -0.39 is 0 Å². The number of halogens is 2. The first kappa shape index (κ1) is 11.4. The van der Waals surface area contributed by atoms with Gasteiger partial charge in [0.25, 0.3) is 0 Å². The van der Waals surface area contributed by atoms with Crippen LogP contribution in [0.3, 0.4) is 0 Å². The molecular formula is C11H12BrFO. The quantitative estimate of drug-likeness (QED) is 0.796. The molecule has 0 aliphatic rings. The van der Waals surface area contributed by atoms with Crippen LogP contribution in [-0.2, 0) is 11.2 Å². The summed E-state index contributed by atoms with van der Waals surface area (Å²) in [5, 5.41) is 0. The van der Waals surface area contributed by atoms with Crippen molar-refractivity contribution in [3.8, 4) is 0 Å². The number of ketones is 1. The second kappa shape index (κ2) is 4.22. The number of hydrogen-bond donors (Lipinski definition) is 0. The predicted molar refractivity (Wildman–Crippen MR) is 58.0 cm³/mol. The van der Waals surface area contributed by atoms with Crippen LogP contribution in [0, 0.1) is 19.7 Å². The molecule has 0 atom stereocenters. The van der Waals surface area contributed by atoms with Crippen LogP contribution in [0.5, 0.6) is 0 Å². The molecule has 0 saturated carbocycles. The average Bonchev–Trinajstić information content (AvgIpc) is 2.09. The number of rotatable bonds is 2. The molecule has 0 saturated heterocycles. The smallest absolute Gasteiger partial charge is 0.134 e. The van der Waals surface area contributed by atoms with Crippen LogP contribution in [0.1, 0.15) is 23.6 Å². The lowest BCUT2D eigenvalue weighted by atomic mass is 10.0. The molecule has 1 nitrogen and oxygen atoms in total. The second-order valence-electron chi connectivity index (χ2n) is 3.47. The number of Topliss-reactive ketones (excluding diaryl/α,β-unsaturated/α-hetero) is 1. The molecule has 14 heavy (non-hydrogen) atoms. The van der Waals surface area contributed by atoms with Crippen molar-refractivity contribution in [1.29, 1.82) is 0 Å². The third-order valence-corrected chi connectivity index (χ3v) is 3.01. The summed E-state index contributed by atoms with van der Waals surface area (Å²) >= 11 is 3.34. The van der Waals surface area contributed by atoms with E-state index in [0.29, 0.717) is 11.1 Å². The second-order valence-corrected chi connectivity index (χ2v) is 4.33. The Morgan fingerprint density at radius 2 is 2.07 bits per heavy atom. The first-order valence-corrected chi connectivity index (χ1v) is 5.16.